The molecule has 1 heterocycles. The maximum Gasteiger partial charge on any atom is 0.262 e. The standard InChI is InChI=1S/C25H29N5O4S/c1-17-10-11-18(2)23(12-17)35(33,34)29-21-9-5-6-19(13-21)25(32)28-22-14-26-30(15-22)16-24(31)27-20-7-3-4-8-20/h5-6,9-15,20,29H,3-4,7-8,16H2,1-2H3,(H,27,31)(H,28,32). The molecule has 2 aromatic carbocycles. The first kappa shape index (κ1) is 24.5. The lowest BCUT2D eigenvalue weighted by Crippen LogP contribution is -2.35. The van der Waals surface area contributed by atoms with E-state index in [1.807, 2.05) is 13.0 Å². The molecule has 3 N–H and O–H groups in total. The first-order chi connectivity index (χ1) is 16.7. The van der Waals surface area contributed by atoms with Crippen molar-refractivity contribution in [3.8, 4) is 0 Å². The number of carbonyl (C=O) groups is 2. The van der Waals surface area contributed by atoms with E-state index in [-0.39, 0.29) is 34.6 Å². The molecule has 2 amide bonds. The highest BCUT2D eigenvalue weighted by molar-refractivity contribution is 7.92. The summed E-state index contributed by atoms with van der Waals surface area (Å²) < 4.78 is 29.8. The second-order valence-electron chi connectivity index (χ2n) is 8.88. The molecule has 0 spiro atoms. The molecule has 10 heteroatoms. The number of aromatic nitrogens is 2. The largest absolute Gasteiger partial charge is 0.352 e. The number of benzene rings is 2. The zero-order valence-corrected chi connectivity index (χ0v) is 20.6. The molecule has 0 saturated heterocycles. The molecule has 1 fully saturated rings. The lowest BCUT2D eigenvalue weighted by molar-refractivity contribution is -0.122. The molecule has 35 heavy (non-hydrogen) atoms. The number of sulfonamides is 1. The first-order valence-corrected chi connectivity index (χ1v) is 13.0. The van der Waals surface area contributed by atoms with Gasteiger partial charge in [-0.05, 0) is 62.1 Å². The topological polar surface area (TPSA) is 122 Å². The highest BCUT2D eigenvalue weighted by Gasteiger charge is 2.19. The van der Waals surface area contributed by atoms with Crippen molar-refractivity contribution in [2.75, 3.05) is 10.0 Å². The first-order valence-electron chi connectivity index (χ1n) is 11.5. The van der Waals surface area contributed by atoms with Crippen molar-refractivity contribution in [2.45, 2.75) is 57.0 Å². The van der Waals surface area contributed by atoms with Gasteiger partial charge in [0.05, 0.1) is 16.8 Å². The van der Waals surface area contributed by atoms with Gasteiger partial charge in [-0.3, -0.25) is 19.0 Å². The molecule has 9 nitrogen and oxygen atoms in total. The Labute approximate surface area is 205 Å². The van der Waals surface area contributed by atoms with Crippen LogP contribution in [0.5, 0.6) is 0 Å². The van der Waals surface area contributed by atoms with Crippen LogP contribution in [0.25, 0.3) is 0 Å². The number of rotatable bonds is 8. The van der Waals surface area contributed by atoms with Crippen LogP contribution in [0.15, 0.2) is 59.8 Å². The summed E-state index contributed by atoms with van der Waals surface area (Å²) in [6.45, 7) is 3.63. The number of carbonyl (C=O) groups excluding carboxylic acids is 2. The second-order valence-corrected chi connectivity index (χ2v) is 10.5. The molecule has 1 aliphatic carbocycles. The fourth-order valence-corrected chi connectivity index (χ4v) is 5.52. The van der Waals surface area contributed by atoms with Crippen molar-refractivity contribution in [1.29, 1.82) is 0 Å². The van der Waals surface area contributed by atoms with E-state index >= 15 is 0 Å². The summed E-state index contributed by atoms with van der Waals surface area (Å²) in [5.41, 5.74) is 2.45. The highest BCUT2D eigenvalue weighted by atomic mass is 32.2. The summed E-state index contributed by atoms with van der Waals surface area (Å²) >= 11 is 0. The molecule has 3 aromatic rings. The fourth-order valence-electron chi connectivity index (χ4n) is 4.14. The number of hydrogen-bond acceptors (Lipinski definition) is 5. The SMILES string of the molecule is Cc1ccc(C)c(S(=O)(=O)Nc2cccc(C(=O)Nc3cnn(CC(=O)NC4CCCC4)c3)c2)c1. The summed E-state index contributed by atoms with van der Waals surface area (Å²) in [4.78, 5) is 25.1. The van der Waals surface area contributed by atoms with Gasteiger partial charge in [-0.15, -0.1) is 0 Å². The van der Waals surface area contributed by atoms with Gasteiger partial charge in [-0.25, -0.2) is 8.42 Å². The highest BCUT2D eigenvalue weighted by Crippen LogP contribution is 2.22. The smallest absolute Gasteiger partial charge is 0.262 e. The van der Waals surface area contributed by atoms with Crippen LogP contribution in [0.3, 0.4) is 0 Å². The van der Waals surface area contributed by atoms with Crippen molar-refractivity contribution in [3.05, 3.63) is 71.5 Å². The molecule has 0 atom stereocenters. The van der Waals surface area contributed by atoms with Gasteiger partial charge in [0, 0.05) is 23.5 Å². The molecule has 1 aromatic heterocycles. The van der Waals surface area contributed by atoms with Crippen LogP contribution in [-0.2, 0) is 21.4 Å². The number of hydrogen-bond donors (Lipinski definition) is 3. The lowest BCUT2D eigenvalue weighted by Gasteiger charge is -2.12. The van der Waals surface area contributed by atoms with Gasteiger partial charge in [0.2, 0.25) is 5.91 Å². The van der Waals surface area contributed by atoms with E-state index in [1.54, 1.807) is 43.5 Å². The Hall–Kier alpha value is -3.66. The van der Waals surface area contributed by atoms with Gasteiger partial charge in [-0.1, -0.05) is 31.0 Å². The molecule has 1 saturated carbocycles. The zero-order valence-electron chi connectivity index (χ0n) is 19.7. The van der Waals surface area contributed by atoms with E-state index in [2.05, 4.69) is 20.5 Å². The van der Waals surface area contributed by atoms with Crippen molar-refractivity contribution in [1.82, 2.24) is 15.1 Å². The van der Waals surface area contributed by atoms with E-state index in [0.717, 1.165) is 31.2 Å². The Morgan fingerprint density at radius 1 is 1.06 bits per heavy atom. The molecule has 0 bridgehead atoms. The van der Waals surface area contributed by atoms with Crippen LogP contribution in [0, 0.1) is 13.8 Å². The van der Waals surface area contributed by atoms with Gasteiger partial charge >= 0.3 is 0 Å². The number of anilines is 2. The van der Waals surface area contributed by atoms with Crippen LogP contribution in [0.2, 0.25) is 0 Å². The van der Waals surface area contributed by atoms with Gasteiger partial charge in [0.15, 0.2) is 0 Å². The summed E-state index contributed by atoms with van der Waals surface area (Å²) in [6, 6.07) is 11.7. The van der Waals surface area contributed by atoms with Crippen LogP contribution >= 0.6 is 0 Å². The maximum atomic E-state index is 12.9. The zero-order chi connectivity index (χ0) is 25.0. The van der Waals surface area contributed by atoms with Gasteiger partial charge in [0.1, 0.15) is 6.54 Å². The predicted octanol–water partition coefficient (Wildman–Crippen LogP) is 3.61. The van der Waals surface area contributed by atoms with Gasteiger partial charge in [0.25, 0.3) is 15.9 Å². The Balaban J connectivity index is 1.39. The van der Waals surface area contributed by atoms with Crippen molar-refractivity contribution in [2.24, 2.45) is 0 Å². The summed E-state index contributed by atoms with van der Waals surface area (Å²) in [5.74, 6) is -0.533. The molecular formula is C25H29N5O4S. The average Bonchev–Trinajstić information content (AvgIpc) is 3.47. The quantitative estimate of drug-likeness (QED) is 0.441. The van der Waals surface area contributed by atoms with E-state index in [4.69, 9.17) is 0 Å². The maximum absolute atomic E-state index is 12.9. The third kappa shape index (κ3) is 6.27. The normalized spacial score (nSPS) is 14.0. The van der Waals surface area contributed by atoms with Crippen LogP contribution < -0.4 is 15.4 Å². The Morgan fingerprint density at radius 2 is 1.83 bits per heavy atom. The molecule has 0 radical (unpaired) electrons. The third-order valence-electron chi connectivity index (χ3n) is 5.93. The monoisotopic (exact) mass is 495 g/mol. The fraction of sp³-hybridized carbons (Fsp3) is 0.320. The molecule has 184 valence electrons. The minimum absolute atomic E-state index is 0.0714. The second kappa shape index (κ2) is 10.3. The predicted molar refractivity (Wildman–Crippen MR) is 134 cm³/mol. The minimum Gasteiger partial charge on any atom is -0.352 e. The molecular weight excluding hydrogens is 466 g/mol. The Bertz CT molecular complexity index is 1340. The number of nitrogens with zero attached hydrogens (tertiary/aromatic N) is 2. The van der Waals surface area contributed by atoms with Crippen LogP contribution in [0.4, 0.5) is 11.4 Å². The molecule has 0 aliphatic heterocycles. The number of amides is 2. The van der Waals surface area contributed by atoms with Crippen molar-refractivity contribution in [3.63, 3.8) is 0 Å². The van der Waals surface area contributed by atoms with Gasteiger partial charge < -0.3 is 10.6 Å². The van der Waals surface area contributed by atoms with E-state index in [0.29, 0.717) is 11.3 Å². The third-order valence-corrected chi connectivity index (χ3v) is 7.45. The summed E-state index contributed by atoms with van der Waals surface area (Å²) in [6.07, 6.45) is 7.33. The summed E-state index contributed by atoms with van der Waals surface area (Å²) in [5, 5.41) is 9.88. The van der Waals surface area contributed by atoms with Crippen LogP contribution in [-0.4, -0.2) is 36.1 Å². The summed E-state index contributed by atoms with van der Waals surface area (Å²) in [7, 11) is -3.82. The Kier molecular flexibility index (Phi) is 7.20. The Morgan fingerprint density at radius 3 is 2.60 bits per heavy atom. The van der Waals surface area contributed by atoms with Crippen molar-refractivity contribution < 1.29 is 18.0 Å². The number of nitrogens with one attached hydrogen (secondary N) is 3. The van der Waals surface area contributed by atoms with Gasteiger partial charge in [-0.2, -0.15) is 5.10 Å². The molecule has 0 unspecified atom stereocenters. The number of aryl methyl sites for hydroxylation is 2. The molecule has 4 rings (SSSR count). The average molecular weight is 496 g/mol. The van der Waals surface area contributed by atoms with Crippen molar-refractivity contribution >= 4 is 33.2 Å². The van der Waals surface area contributed by atoms with E-state index in [9.17, 15) is 18.0 Å². The minimum atomic E-state index is -3.82. The van der Waals surface area contributed by atoms with E-state index < -0.39 is 15.9 Å². The lowest BCUT2D eigenvalue weighted by atomic mass is 10.2. The van der Waals surface area contributed by atoms with E-state index in [1.165, 1.54) is 16.9 Å². The van der Waals surface area contributed by atoms with Crippen LogP contribution in [0.1, 0.15) is 47.2 Å². The molecule has 1 aliphatic rings.